The topological polar surface area (TPSA) is 48.9 Å². The Morgan fingerprint density at radius 3 is 2.70 bits per heavy atom. The zero-order chi connectivity index (χ0) is 16.2. The van der Waals surface area contributed by atoms with Crippen molar-refractivity contribution < 1.29 is 4.74 Å². The highest BCUT2D eigenvalue weighted by Gasteiger charge is 2.08. The molecule has 1 heterocycles. The third kappa shape index (κ3) is 7.48. The highest BCUT2D eigenvalue weighted by molar-refractivity contribution is 5.79. The first-order valence-electron chi connectivity index (χ1n) is 8.74. The van der Waals surface area contributed by atoms with E-state index >= 15 is 0 Å². The maximum atomic E-state index is 5.37. The van der Waals surface area contributed by atoms with E-state index in [-0.39, 0.29) is 0 Å². The van der Waals surface area contributed by atoms with Gasteiger partial charge in [0.15, 0.2) is 5.96 Å². The van der Waals surface area contributed by atoms with Crippen molar-refractivity contribution >= 4 is 5.96 Å². The van der Waals surface area contributed by atoms with E-state index in [1.165, 1.54) is 5.56 Å². The van der Waals surface area contributed by atoms with Crippen LogP contribution in [0.3, 0.4) is 0 Å². The van der Waals surface area contributed by atoms with Crippen LogP contribution in [-0.4, -0.2) is 63.3 Å². The predicted molar refractivity (Wildman–Crippen MR) is 96.0 cm³/mol. The van der Waals surface area contributed by atoms with Crippen molar-refractivity contribution in [1.29, 1.82) is 0 Å². The van der Waals surface area contributed by atoms with Crippen molar-refractivity contribution in [1.82, 2.24) is 15.5 Å². The standard InChI is InChI=1S/C18H30N4O/c1-2-19-18(21-11-9-17-7-4-3-5-8-17)20-10-6-12-22-13-15-23-16-14-22/h3-5,7-8H,2,6,9-16H2,1H3,(H2,19,20,21). The van der Waals surface area contributed by atoms with Gasteiger partial charge < -0.3 is 15.4 Å². The Morgan fingerprint density at radius 1 is 1.17 bits per heavy atom. The molecular weight excluding hydrogens is 288 g/mol. The van der Waals surface area contributed by atoms with Gasteiger partial charge >= 0.3 is 0 Å². The largest absolute Gasteiger partial charge is 0.379 e. The van der Waals surface area contributed by atoms with Gasteiger partial charge in [0.1, 0.15) is 0 Å². The molecule has 0 bridgehead atoms. The maximum absolute atomic E-state index is 5.37. The second-order valence-corrected chi connectivity index (χ2v) is 5.73. The smallest absolute Gasteiger partial charge is 0.191 e. The summed E-state index contributed by atoms with van der Waals surface area (Å²) in [5.74, 6) is 0.922. The van der Waals surface area contributed by atoms with Crippen molar-refractivity contribution in [3.63, 3.8) is 0 Å². The average Bonchev–Trinajstić information content (AvgIpc) is 2.60. The summed E-state index contributed by atoms with van der Waals surface area (Å²) in [7, 11) is 0. The molecule has 0 aromatic heterocycles. The molecule has 0 amide bonds. The van der Waals surface area contributed by atoms with Crippen LogP contribution in [0.5, 0.6) is 0 Å². The van der Waals surface area contributed by atoms with Crippen LogP contribution < -0.4 is 10.6 Å². The molecule has 128 valence electrons. The normalized spacial score (nSPS) is 16.3. The fourth-order valence-electron chi connectivity index (χ4n) is 2.62. The van der Waals surface area contributed by atoms with Gasteiger partial charge in [-0.15, -0.1) is 0 Å². The fourth-order valence-corrected chi connectivity index (χ4v) is 2.62. The third-order valence-electron chi connectivity index (χ3n) is 3.90. The summed E-state index contributed by atoms with van der Waals surface area (Å²) in [5, 5.41) is 6.73. The number of rotatable bonds is 8. The molecule has 1 fully saturated rings. The van der Waals surface area contributed by atoms with Gasteiger partial charge in [0.25, 0.3) is 0 Å². The summed E-state index contributed by atoms with van der Waals surface area (Å²) < 4.78 is 5.37. The summed E-state index contributed by atoms with van der Waals surface area (Å²) in [4.78, 5) is 7.12. The summed E-state index contributed by atoms with van der Waals surface area (Å²) in [6.07, 6.45) is 2.11. The number of hydrogen-bond donors (Lipinski definition) is 2. The van der Waals surface area contributed by atoms with Crippen LogP contribution in [0.25, 0.3) is 0 Å². The number of ether oxygens (including phenoxy) is 1. The number of benzene rings is 1. The molecule has 1 aliphatic rings. The quantitative estimate of drug-likeness (QED) is 0.433. The first-order valence-corrected chi connectivity index (χ1v) is 8.74. The van der Waals surface area contributed by atoms with Crippen LogP contribution in [0, 0.1) is 0 Å². The number of aliphatic imine (C=N–C) groups is 1. The summed E-state index contributed by atoms with van der Waals surface area (Å²) in [6, 6.07) is 10.5. The molecule has 0 radical (unpaired) electrons. The summed E-state index contributed by atoms with van der Waals surface area (Å²) >= 11 is 0. The monoisotopic (exact) mass is 318 g/mol. The Balaban J connectivity index is 1.65. The number of morpholine rings is 1. The zero-order valence-corrected chi connectivity index (χ0v) is 14.3. The number of guanidine groups is 1. The van der Waals surface area contributed by atoms with E-state index in [1.807, 2.05) is 0 Å². The number of hydrogen-bond acceptors (Lipinski definition) is 3. The Morgan fingerprint density at radius 2 is 1.96 bits per heavy atom. The molecule has 1 saturated heterocycles. The van der Waals surface area contributed by atoms with Crippen molar-refractivity contribution in [2.24, 2.45) is 4.99 Å². The SMILES string of the molecule is CCNC(=NCCCN1CCOCC1)NCCc1ccccc1. The number of nitrogens with one attached hydrogen (secondary N) is 2. The molecule has 0 aliphatic carbocycles. The summed E-state index contributed by atoms with van der Waals surface area (Å²) in [6.45, 7) is 9.70. The number of nitrogens with zero attached hydrogens (tertiary/aromatic N) is 2. The second-order valence-electron chi connectivity index (χ2n) is 5.73. The van der Waals surface area contributed by atoms with Gasteiger partial charge in [-0.1, -0.05) is 30.3 Å². The molecule has 0 saturated carbocycles. The van der Waals surface area contributed by atoms with Crippen LogP contribution >= 0.6 is 0 Å². The zero-order valence-electron chi connectivity index (χ0n) is 14.3. The highest BCUT2D eigenvalue weighted by atomic mass is 16.5. The maximum Gasteiger partial charge on any atom is 0.191 e. The molecule has 0 spiro atoms. The van der Waals surface area contributed by atoms with Crippen molar-refractivity contribution in [3.05, 3.63) is 35.9 Å². The molecule has 23 heavy (non-hydrogen) atoms. The van der Waals surface area contributed by atoms with E-state index in [4.69, 9.17) is 4.74 Å². The molecule has 5 nitrogen and oxygen atoms in total. The van der Waals surface area contributed by atoms with Gasteiger partial charge in [0.2, 0.25) is 0 Å². The molecule has 2 rings (SSSR count). The Kier molecular flexibility index (Phi) is 8.51. The first kappa shape index (κ1) is 17.8. The van der Waals surface area contributed by atoms with Crippen molar-refractivity contribution in [2.45, 2.75) is 19.8 Å². The van der Waals surface area contributed by atoms with Gasteiger partial charge in [0, 0.05) is 39.3 Å². The van der Waals surface area contributed by atoms with Crippen LogP contribution in [-0.2, 0) is 11.2 Å². The van der Waals surface area contributed by atoms with Gasteiger partial charge in [0.05, 0.1) is 13.2 Å². The van der Waals surface area contributed by atoms with Crippen molar-refractivity contribution in [2.75, 3.05) is 52.5 Å². The molecule has 1 aliphatic heterocycles. The van der Waals surface area contributed by atoms with Crippen LogP contribution in [0.2, 0.25) is 0 Å². The minimum Gasteiger partial charge on any atom is -0.379 e. The molecule has 1 aromatic rings. The Labute approximate surface area is 140 Å². The Hall–Kier alpha value is -1.59. The van der Waals surface area contributed by atoms with Crippen LogP contribution in [0.1, 0.15) is 18.9 Å². The third-order valence-corrected chi connectivity index (χ3v) is 3.90. The van der Waals surface area contributed by atoms with Gasteiger partial charge in [-0.3, -0.25) is 9.89 Å². The van der Waals surface area contributed by atoms with Crippen molar-refractivity contribution in [3.8, 4) is 0 Å². The molecule has 5 heteroatoms. The second kappa shape index (κ2) is 11.0. The van der Waals surface area contributed by atoms with E-state index in [1.54, 1.807) is 0 Å². The van der Waals surface area contributed by atoms with Gasteiger partial charge in [-0.25, -0.2) is 0 Å². The molecule has 0 unspecified atom stereocenters. The lowest BCUT2D eigenvalue weighted by molar-refractivity contribution is 0.0377. The van der Waals surface area contributed by atoms with E-state index in [0.29, 0.717) is 0 Å². The van der Waals surface area contributed by atoms with Gasteiger partial charge in [-0.05, 0) is 25.3 Å². The molecular formula is C18H30N4O. The highest BCUT2D eigenvalue weighted by Crippen LogP contribution is 1.99. The van der Waals surface area contributed by atoms with E-state index in [0.717, 1.165) is 71.3 Å². The molecule has 0 atom stereocenters. The lowest BCUT2D eigenvalue weighted by Gasteiger charge is -2.26. The summed E-state index contributed by atoms with van der Waals surface area (Å²) in [5.41, 5.74) is 1.35. The van der Waals surface area contributed by atoms with E-state index in [2.05, 4.69) is 57.8 Å². The minimum atomic E-state index is 0.859. The minimum absolute atomic E-state index is 0.859. The van der Waals surface area contributed by atoms with Crippen LogP contribution in [0.4, 0.5) is 0 Å². The Bertz CT molecular complexity index is 444. The lowest BCUT2D eigenvalue weighted by atomic mass is 10.1. The van der Waals surface area contributed by atoms with Gasteiger partial charge in [-0.2, -0.15) is 0 Å². The lowest BCUT2D eigenvalue weighted by Crippen LogP contribution is -2.39. The predicted octanol–water partition coefficient (Wildman–Crippen LogP) is 1.51. The molecule has 1 aromatic carbocycles. The fraction of sp³-hybridized carbons (Fsp3) is 0.611. The van der Waals surface area contributed by atoms with Crippen LogP contribution in [0.15, 0.2) is 35.3 Å². The van der Waals surface area contributed by atoms with E-state index < -0.39 is 0 Å². The molecule has 2 N–H and O–H groups in total. The van der Waals surface area contributed by atoms with E-state index in [9.17, 15) is 0 Å². The first-order chi connectivity index (χ1) is 11.4. The average molecular weight is 318 g/mol.